The summed E-state index contributed by atoms with van der Waals surface area (Å²) in [5, 5.41) is 9.53. The molecule has 0 heterocycles. The van der Waals surface area contributed by atoms with Gasteiger partial charge in [-0.25, -0.2) is 4.79 Å². The Hall–Kier alpha value is -1.29. The van der Waals surface area contributed by atoms with Crippen molar-refractivity contribution in [2.75, 3.05) is 7.11 Å². The number of esters is 1. The lowest BCUT2D eigenvalue weighted by molar-refractivity contribution is -0.134. The summed E-state index contributed by atoms with van der Waals surface area (Å²) in [6.45, 7) is 0. The van der Waals surface area contributed by atoms with E-state index in [0.29, 0.717) is 10.0 Å². The number of rotatable bonds is 2. The molecule has 0 aliphatic rings. The highest BCUT2D eigenvalue weighted by Gasteiger charge is 2.01. The van der Waals surface area contributed by atoms with Gasteiger partial charge < -0.3 is 9.84 Å². The highest BCUT2D eigenvalue weighted by molar-refractivity contribution is 9.10. The van der Waals surface area contributed by atoms with E-state index >= 15 is 0 Å². The van der Waals surface area contributed by atoms with Gasteiger partial charge in [0.1, 0.15) is 5.75 Å². The van der Waals surface area contributed by atoms with Gasteiger partial charge in [-0.1, -0.05) is 12.1 Å². The molecule has 1 aromatic rings. The minimum absolute atomic E-state index is 0.104. The second kappa shape index (κ2) is 4.81. The zero-order valence-electron chi connectivity index (χ0n) is 7.53. The fourth-order valence-electron chi connectivity index (χ4n) is 0.892. The van der Waals surface area contributed by atoms with E-state index in [1.165, 1.54) is 19.3 Å². The molecule has 4 heteroatoms. The molecule has 74 valence electrons. The number of carbonyl (C=O) groups excluding carboxylic acids is 1. The Labute approximate surface area is 90.1 Å². The maximum atomic E-state index is 10.8. The van der Waals surface area contributed by atoms with Crippen LogP contribution in [0.5, 0.6) is 5.75 Å². The van der Waals surface area contributed by atoms with Gasteiger partial charge in [-0.2, -0.15) is 0 Å². The number of halogens is 1. The number of ether oxygens (including phenoxy) is 1. The summed E-state index contributed by atoms with van der Waals surface area (Å²) in [5.41, 5.74) is 0.560. The van der Waals surface area contributed by atoms with Crippen molar-refractivity contribution in [1.29, 1.82) is 0 Å². The highest BCUT2D eigenvalue weighted by Crippen LogP contribution is 2.28. The molecule has 14 heavy (non-hydrogen) atoms. The molecule has 0 unspecified atom stereocenters. The molecule has 1 N–H and O–H groups in total. The Morgan fingerprint density at radius 3 is 2.93 bits per heavy atom. The molecule has 3 nitrogen and oxygen atoms in total. The van der Waals surface area contributed by atoms with Gasteiger partial charge >= 0.3 is 5.97 Å². The van der Waals surface area contributed by atoms with Crippen molar-refractivity contribution < 1.29 is 14.6 Å². The zero-order chi connectivity index (χ0) is 10.6. The largest absolute Gasteiger partial charge is 0.506 e. The first-order valence-corrected chi connectivity index (χ1v) is 4.68. The van der Waals surface area contributed by atoms with Gasteiger partial charge in [0.25, 0.3) is 0 Å². The first-order chi connectivity index (χ1) is 6.65. The van der Waals surface area contributed by atoms with Crippen molar-refractivity contribution >= 4 is 28.0 Å². The smallest absolute Gasteiger partial charge is 0.330 e. The lowest BCUT2D eigenvalue weighted by Gasteiger charge is -2.00. The standard InChI is InChI=1S/C10H9BrO3/c1-14-9(12)6-5-7-3-2-4-8(11)10(7)13/h2-6,13H,1H3/b6-5+. The molecule has 0 aliphatic heterocycles. The van der Waals surface area contributed by atoms with Crippen molar-refractivity contribution in [2.45, 2.75) is 0 Å². The number of hydrogen-bond acceptors (Lipinski definition) is 3. The van der Waals surface area contributed by atoms with Crippen LogP contribution < -0.4 is 0 Å². The van der Waals surface area contributed by atoms with Gasteiger partial charge in [0.2, 0.25) is 0 Å². The predicted molar refractivity (Wildman–Crippen MR) is 56.9 cm³/mol. The van der Waals surface area contributed by atoms with Crippen molar-refractivity contribution in [3.05, 3.63) is 34.3 Å². The van der Waals surface area contributed by atoms with Crippen LogP contribution >= 0.6 is 15.9 Å². The van der Waals surface area contributed by atoms with E-state index in [-0.39, 0.29) is 5.75 Å². The zero-order valence-corrected chi connectivity index (χ0v) is 9.11. The van der Waals surface area contributed by atoms with Crippen molar-refractivity contribution in [1.82, 2.24) is 0 Å². The molecule has 0 spiro atoms. The molecule has 0 bridgehead atoms. The minimum Gasteiger partial charge on any atom is -0.506 e. The third-order valence-electron chi connectivity index (χ3n) is 1.62. The van der Waals surface area contributed by atoms with E-state index in [2.05, 4.69) is 20.7 Å². The van der Waals surface area contributed by atoms with Crippen LogP contribution in [0.4, 0.5) is 0 Å². The molecular formula is C10H9BrO3. The third-order valence-corrected chi connectivity index (χ3v) is 2.26. The SMILES string of the molecule is COC(=O)/C=C/c1cccc(Br)c1O. The molecule has 0 radical (unpaired) electrons. The van der Waals surface area contributed by atoms with E-state index in [0.717, 1.165) is 0 Å². The maximum Gasteiger partial charge on any atom is 0.330 e. The van der Waals surface area contributed by atoms with Crippen LogP contribution in [-0.2, 0) is 9.53 Å². The molecule has 0 saturated carbocycles. The summed E-state index contributed by atoms with van der Waals surface area (Å²) < 4.78 is 5.01. The van der Waals surface area contributed by atoms with Gasteiger partial charge in [-0.15, -0.1) is 0 Å². The quantitative estimate of drug-likeness (QED) is 0.653. The first kappa shape index (κ1) is 10.8. The molecule has 1 aromatic carbocycles. The summed E-state index contributed by atoms with van der Waals surface area (Å²) in [6.07, 6.45) is 2.74. The number of carbonyl (C=O) groups is 1. The van der Waals surface area contributed by atoms with Crippen LogP contribution in [0.1, 0.15) is 5.56 Å². The third kappa shape index (κ3) is 2.60. The molecule has 0 aromatic heterocycles. The topological polar surface area (TPSA) is 46.5 Å². The fourth-order valence-corrected chi connectivity index (χ4v) is 1.27. The number of phenols is 1. The normalized spacial score (nSPS) is 10.4. The Morgan fingerprint density at radius 2 is 2.29 bits per heavy atom. The summed E-state index contributed by atoms with van der Waals surface area (Å²) >= 11 is 3.17. The number of methoxy groups -OCH3 is 1. The van der Waals surface area contributed by atoms with Crippen LogP contribution in [0.25, 0.3) is 6.08 Å². The van der Waals surface area contributed by atoms with Crippen molar-refractivity contribution in [2.24, 2.45) is 0 Å². The molecule has 0 saturated heterocycles. The lowest BCUT2D eigenvalue weighted by Crippen LogP contribution is -1.93. The number of phenolic OH excluding ortho intramolecular Hbond substituents is 1. The van der Waals surface area contributed by atoms with Gasteiger partial charge in [0, 0.05) is 11.6 Å². The summed E-state index contributed by atoms with van der Waals surface area (Å²) in [6, 6.07) is 5.17. The van der Waals surface area contributed by atoms with Gasteiger partial charge in [-0.05, 0) is 28.1 Å². The Balaban J connectivity index is 2.92. The number of hydrogen-bond donors (Lipinski definition) is 1. The number of para-hydroxylation sites is 1. The van der Waals surface area contributed by atoms with Gasteiger partial charge in [0.05, 0.1) is 11.6 Å². The van der Waals surface area contributed by atoms with Crippen molar-refractivity contribution in [3.8, 4) is 5.75 Å². The Morgan fingerprint density at radius 1 is 1.57 bits per heavy atom. The minimum atomic E-state index is -0.454. The summed E-state index contributed by atoms with van der Waals surface area (Å²) in [4.78, 5) is 10.8. The van der Waals surface area contributed by atoms with Gasteiger partial charge in [0.15, 0.2) is 0 Å². The Kier molecular flexibility index (Phi) is 3.71. The maximum absolute atomic E-state index is 10.8. The van der Waals surface area contributed by atoms with E-state index in [4.69, 9.17) is 0 Å². The molecule has 0 amide bonds. The molecule has 1 rings (SSSR count). The van der Waals surface area contributed by atoms with E-state index in [1.807, 2.05) is 0 Å². The fraction of sp³-hybridized carbons (Fsp3) is 0.100. The van der Waals surface area contributed by atoms with Crippen LogP contribution in [0.15, 0.2) is 28.7 Å². The van der Waals surface area contributed by atoms with E-state index in [1.54, 1.807) is 18.2 Å². The molecule has 0 aliphatic carbocycles. The average molecular weight is 257 g/mol. The lowest BCUT2D eigenvalue weighted by atomic mass is 10.2. The van der Waals surface area contributed by atoms with E-state index in [9.17, 15) is 9.90 Å². The second-order valence-electron chi connectivity index (χ2n) is 2.53. The van der Waals surface area contributed by atoms with Crippen LogP contribution in [0.2, 0.25) is 0 Å². The van der Waals surface area contributed by atoms with Crippen molar-refractivity contribution in [3.63, 3.8) is 0 Å². The molecular weight excluding hydrogens is 248 g/mol. The molecule has 0 atom stereocenters. The summed E-state index contributed by atoms with van der Waals surface area (Å²) in [7, 11) is 1.30. The predicted octanol–water partition coefficient (Wildman–Crippen LogP) is 2.34. The second-order valence-corrected chi connectivity index (χ2v) is 3.39. The van der Waals surface area contributed by atoms with Gasteiger partial charge in [-0.3, -0.25) is 0 Å². The van der Waals surface area contributed by atoms with Crippen LogP contribution in [-0.4, -0.2) is 18.2 Å². The van der Waals surface area contributed by atoms with E-state index < -0.39 is 5.97 Å². The number of aromatic hydroxyl groups is 1. The average Bonchev–Trinajstić information content (AvgIpc) is 2.20. The van der Waals surface area contributed by atoms with Crippen LogP contribution in [0.3, 0.4) is 0 Å². The monoisotopic (exact) mass is 256 g/mol. The molecule has 0 fully saturated rings. The number of benzene rings is 1. The summed E-state index contributed by atoms with van der Waals surface area (Å²) in [5.74, 6) is -0.350. The Bertz CT molecular complexity index is 372. The first-order valence-electron chi connectivity index (χ1n) is 3.88. The highest BCUT2D eigenvalue weighted by atomic mass is 79.9. The van der Waals surface area contributed by atoms with Crippen LogP contribution in [0, 0.1) is 0 Å².